The van der Waals surface area contributed by atoms with Gasteiger partial charge in [-0.2, -0.15) is 0 Å². The summed E-state index contributed by atoms with van der Waals surface area (Å²) in [5.41, 5.74) is 1.23. The van der Waals surface area contributed by atoms with Crippen molar-refractivity contribution in [3.05, 3.63) is 29.8 Å². The second kappa shape index (κ2) is 11.5. The zero-order valence-corrected chi connectivity index (χ0v) is 13.3. The molecule has 0 saturated heterocycles. The summed E-state index contributed by atoms with van der Waals surface area (Å²) < 4.78 is 20.8. The molecule has 5 heteroatoms. The van der Waals surface area contributed by atoms with Crippen LogP contribution < -0.4 is 10.1 Å². The lowest BCUT2D eigenvalue weighted by molar-refractivity contribution is 0.0253. The van der Waals surface area contributed by atoms with Crippen LogP contribution in [0, 0.1) is 0 Å². The van der Waals surface area contributed by atoms with Crippen molar-refractivity contribution >= 4 is 0 Å². The molecule has 1 aromatic carbocycles. The van der Waals surface area contributed by atoms with Gasteiger partial charge in [0, 0.05) is 19.7 Å². The lowest BCUT2D eigenvalue weighted by Crippen LogP contribution is -2.24. The first-order chi connectivity index (χ1) is 10.3. The average molecular weight is 297 g/mol. The zero-order chi connectivity index (χ0) is 15.3. The van der Waals surface area contributed by atoms with Crippen LogP contribution in [0.4, 0.5) is 0 Å². The molecule has 0 amide bonds. The number of nitrogens with one attached hydrogen (secondary N) is 1. The molecule has 0 aromatic heterocycles. The fourth-order valence-corrected chi connectivity index (χ4v) is 1.82. The summed E-state index contributed by atoms with van der Waals surface area (Å²) in [4.78, 5) is 0. The third-order valence-electron chi connectivity index (χ3n) is 3.12. The van der Waals surface area contributed by atoms with E-state index in [1.54, 1.807) is 14.2 Å². The molecule has 5 nitrogen and oxygen atoms in total. The van der Waals surface area contributed by atoms with Crippen LogP contribution in [0.2, 0.25) is 0 Å². The minimum atomic E-state index is 0.289. The third kappa shape index (κ3) is 8.02. The Labute approximate surface area is 127 Å². The highest BCUT2D eigenvalue weighted by Crippen LogP contribution is 2.16. The van der Waals surface area contributed by atoms with Crippen LogP contribution in [0.1, 0.15) is 18.5 Å². The van der Waals surface area contributed by atoms with Crippen LogP contribution >= 0.6 is 0 Å². The van der Waals surface area contributed by atoms with Crippen LogP contribution in [-0.2, 0) is 14.2 Å². The molecule has 1 atom stereocenters. The Morgan fingerprint density at radius 1 is 0.905 bits per heavy atom. The van der Waals surface area contributed by atoms with Gasteiger partial charge in [0.1, 0.15) is 5.75 Å². The molecule has 0 heterocycles. The standard InChI is InChI=1S/C16H27NO4/c1-14(15-4-6-16(19-3)7-5-15)17-8-9-20-12-13-21-11-10-18-2/h4-7,14,17H,8-13H2,1-3H3/t14-/m0/s1. The van der Waals surface area contributed by atoms with E-state index < -0.39 is 0 Å². The average Bonchev–Trinajstić information content (AvgIpc) is 2.53. The predicted molar refractivity (Wildman–Crippen MR) is 82.9 cm³/mol. The normalized spacial score (nSPS) is 12.3. The van der Waals surface area contributed by atoms with Gasteiger partial charge >= 0.3 is 0 Å². The fraction of sp³-hybridized carbons (Fsp3) is 0.625. The Hall–Kier alpha value is -1.14. The summed E-state index contributed by atoms with van der Waals surface area (Å²) in [6.45, 7) is 6.09. The van der Waals surface area contributed by atoms with Crippen molar-refractivity contribution in [1.82, 2.24) is 5.32 Å². The molecule has 0 unspecified atom stereocenters. The summed E-state index contributed by atoms with van der Waals surface area (Å²) in [7, 11) is 3.34. The Balaban J connectivity index is 2.03. The fourth-order valence-electron chi connectivity index (χ4n) is 1.82. The Morgan fingerprint density at radius 2 is 1.52 bits per heavy atom. The SMILES string of the molecule is COCCOCCOCCN[C@@H](C)c1ccc(OC)cc1. The first kappa shape index (κ1) is 17.9. The van der Waals surface area contributed by atoms with E-state index in [4.69, 9.17) is 18.9 Å². The number of benzene rings is 1. The molecule has 0 saturated carbocycles. The second-order valence-corrected chi connectivity index (χ2v) is 4.67. The van der Waals surface area contributed by atoms with Gasteiger partial charge in [0.25, 0.3) is 0 Å². The maximum absolute atomic E-state index is 5.49. The van der Waals surface area contributed by atoms with E-state index in [0.29, 0.717) is 33.0 Å². The van der Waals surface area contributed by atoms with Gasteiger partial charge in [-0.05, 0) is 24.6 Å². The van der Waals surface area contributed by atoms with E-state index in [9.17, 15) is 0 Å². The minimum absolute atomic E-state index is 0.289. The molecular formula is C16H27NO4. The van der Waals surface area contributed by atoms with Gasteiger partial charge in [-0.3, -0.25) is 0 Å². The molecule has 1 N–H and O–H groups in total. The highest BCUT2D eigenvalue weighted by atomic mass is 16.5. The molecule has 0 aliphatic rings. The predicted octanol–water partition coefficient (Wildman–Crippen LogP) is 2.03. The van der Waals surface area contributed by atoms with Gasteiger partial charge in [0.2, 0.25) is 0 Å². The van der Waals surface area contributed by atoms with Gasteiger partial charge in [-0.1, -0.05) is 12.1 Å². The largest absolute Gasteiger partial charge is 0.497 e. The molecule has 21 heavy (non-hydrogen) atoms. The molecule has 0 bridgehead atoms. The lowest BCUT2D eigenvalue weighted by Gasteiger charge is -2.14. The molecule has 1 aromatic rings. The molecule has 1 rings (SSSR count). The van der Waals surface area contributed by atoms with Crippen molar-refractivity contribution in [2.75, 3.05) is 53.8 Å². The van der Waals surface area contributed by atoms with Crippen molar-refractivity contribution < 1.29 is 18.9 Å². The van der Waals surface area contributed by atoms with Crippen molar-refractivity contribution in [2.24, 2.45) is 0 Å². The van der Waals surface area contributed by atoms with Crippen LogP contribution in [0.25, 0.3) is 0 Å². The number of rotatable bonds is 12. The number of methoxy groups -OCH3 is 2. The minimum Gasteiger partial charge on any atom is -0.497 e. The van der Waals surface area contributed by atoms with Crippen LogP contribution in [0.3, 0.4) is 0 Å². The topological polar surface area (TPSA) is 49.0 Å². The van der Waals surface area contributed by atoms with E-state index in [2.05, 4.69) is 24.4 Å². The highest BCUT2D eigenvalue weighted by molar-refractivity contribution is 5.28. The molecule has 120 valence electrons. The summed E-state index contributed by atoms with van der Waals surface area (Å²) >= 11 is 0. The van der Waals surface area contributed by atoms with E-state index in [-0.39, 0.29) is 6.04 Å². The second-order valence-electron chi connectivity index (χ2n) is 4.67. The number of hydrogen-bond acceptors (Lipinski definition) is 5. The molecule has 0 aliphatic carbocycles. The van der Waals surface area contributed by atoms with Gasteiger partial charge in [-0.25, -0.2) is 0 Å². The maximum atomic E-state index is 5.49. The van der Waals surface area contributed by atoms with Crippen LogP contribution in [0.15, 0.2) is 24.3 Å². The highest BCUT2D eigenvalue weighted by Gasteiger charge is 2.04. The van der Waals surface area contributed by atoms with Gasteiger partial charge in [-0.15, -0.1) is 0 Å². The zero-order valence-electron chi connectivity index (χ0n) is 13.3. The molecule has 0 radical (unpaired) electrons. The maximum Gasteiger partial charge on any atom is 0.118 e. The number of ether oxygens (including phenoxy) is 4. The first-order valence-electron chi connectivity index (χ1n) is 7.29. The summed E-state index contributed by atoms with van der Waals surface area (Å²) in [6.07, 6.45) is 0. The Bertz CT molecular complexity index is 356. The monoisotopic (exact) mass is 297 g/mol. The smallest absolute Gasteiger partial charge is 0.118 e. The van der Waals surface area contributed by atoms with E-state index in [1.807, 2.05) is 12.1 Å². The van der Waals surface area contributed by atoms with Crippen molar-refractivity contribution in [1.29, 1.82) is 0 Å². The molecule has 0 aliphatic heterocycles. The summed E-state index contributed by atoms with van der Waals surface area (Å²) in [6, 6.07) is 8.38. The lowest BCUT2D eigenvalue weighted by atomic mass is 10.1. The van der Waals surface area contributed by atoms with E-state index in [0.717, 1.165) is 12.3 Å². The molecule has 0 fully saturated rings. The summed E-state index contributed by atoms with van der Waals surface area (Å²) in [5.74, 6) is 0.878. The Morgan fingerprint density at radius 3 is 2.14 bits per heavy atom. The van der Waals surface area contributed by atoms with E-state index >= 15 is 0 Å². The van der Waals surface area contributed by atoms with Gasteiger partial charge in [0.05, 0.1) is 40.1 Å². The third-order valence-corrected chi connectivity index (χ3v) is 3.12. The molecular weight excluding hydrogens is 270 g/mol. The first-order valence-corrected chi connectivity index (χ1v) is 7.29. The van der Waals surface area contributed by atoms with Gasteiger partial charge in [0.15, 0.2) is 0 Å². The summed E-state index contributed by atoms with van der Waals surface area (Å²) in [5, 5.41) is 3.42. The van der Waals surface area contributed by atoms with Crippen molar-refractivity contribution in [2.45, 2.75) is 13.0 Å². The molecule has 0 spiro atoms. The Kier molecular flexibility index (Phi) is 9.82. The van der Waals surface area contributed by atoms with Crippen LogP contribution in [0.5, 0.6) is 5.75 Å². The quantitative estimate of drug-likeness (QED) is 0.598. The van der Waals surface area contributed by atoms with Gasteiger partial charge < -0.3 is 24.3 Å². The van der Waals surface area contributed by atoms with Crippen molar-refractivity contribution in [3.63, 3.8) is 0 Å². The number of hydrogen-bond donors (Lipinski definition) is 1. The van der Waals surface area contributed by atoms with Crippen LogP contribution in [-0.4, -0.2) is 53.8 Å². The van der Waals surface area contributed by atoms with Crippen molar-refractivity contribution in [3.8, 4) is 5.75 Å². The van der Waals surface area contributed by atoms with E-state index in [1.165, 1.54) is 5.56 Å².